The standard InChI is InChI=1S/C8H7Br3O2S/c1-4-6(14(2,12)13)3-5(9)8(11)7(4)10/h3H,1-2H3. The molecule has 0 amide bonds. The highest BCUT2D eigenvalue weighted by Gasteiger charge is 2.16. The Morgan fingerprint density at radius 3 is 2.07 bits per heavy atom. The highest BCUT2D eigenvalue weighted by molar-refractivity contribution is 9.14. The Morgan fingerprint density at radius 1 is 1.14 bits per heavy atom. The molecule has 0 unspecified atom stereocenters. The fourth-order valence-corrected chi connectivity index (χ4v) is 3.85. The van der Waals surface area contributed by atoms with Crippen molar-refractivity contribution in [1.82, 2.24) is 0 Å². The second-order valence-corrected chi connectivity index (χ2v) is 7.31. The summed E-state index contributed by atoms with van der Waals surface area (Å²) in [7, 11) is -3.18. The summed E-state index contributed by atoms with van der Waals surface area (Å²) in [4.78, 5) is 0.333. The van der Waals surface area contributed by atoms with Crippen molar-refractivity contribution in [1.29, 1.82) is 0 Å². The minimum Gasteiger partial charge on any atom is -0.224 e. The lowest BCUT2D eigenvalue weighted by molar-refractivity contribution is 0.601. The molecule has 0 spiro atoms. The van der Waals surface area contributed by atoms with Crippen molar-refractivity contribution >= 4 is 57.6 Å². The topological polar surface area (TPSA) is 34.1 Å². The minimum absolute atomic E-state index is 0.333. The number of sulfone groups is 1. The molecule has 0 aliphatic rings. The van der Waals surface area contributed by atoms with Gasteiger partial charge < -0.3 is 0 Å². The first-order chi connectivity index (χ1) is 6.25. The van der Waals surface area contributed by atoms with E-state index in [1.807, 2.05) is 0 Å². The van der Waals surface area contributed by atoms with Crippen molar-refractivity contribution < 1.29 is 8.42 Å². The molecule has 2 nitrogen and oxygen atoms in total. The van der Waals surface area contributed by atoms with Gasteiger partial charge in [0, 0.05) is 19.7 Å². The molecule has 0 bridgehead atoms. The zero-order chi connectivity index (χ0) is 11.1. The van der Waals surface area contributed by atoms with E-state index in [1.54, 1.807) is 13.0 Å². The molecule has 6 heteroatoms. The highest BCUT2D eigenvalue weighted by atomic mass is 79.9. The molecule has 0 atom stereocenters. The molecule has 0 radical (unpaired) electrons. The van der Waals surface area contributed by atoms with Gasteiger partial charge in [0.2, 0.25) is 0 Å². The Morgan fingerprint density at radius 2 is 1.64 bits per heavy atom. The molecule has 0 fully saturated rings. The van der Waals surface area contributed by atoms with Gasteiger partial charge in [-0.3, -0.25) is 0 Å². The molecule has 0 saturated carbocycles. The van der Waals surface area contributed by atoms with Crippen molar-refractivity contribution in [3.63, 3.8) is 0 Å². The van der Waals surface area contributed by atoms with Crippen LogP contribution in [0.25, 0.3) is 0 Å². The molecular formula is C8H7Br3O2S. The molecular weight excluding hydrogens is 400 g/mol. The van der Waals surface area contributed by atoms with Crippen LogP contribution in [0.1, 0.15) is 5.56 Å². The number of benzene rings is 1. The van der Waals surface area contributed by atoms with Crippen molar-refractivity contribution in [3.8, 4) is 0 Å². The van der Waals surface area contributed by atoms with Gasteiger partial charge in [0.15, 0.2) is 9.84 Å². The second kappa shape index (κ2) is 4.23. The molecule has 0 aromatic heterocycles. The van der Waals surface area contributed by atoms with Gasteiger partial charge in [-0.25, -0.2) is 8.42 Å². The molecule has 0 saturated heterocycles. The van der Waals surface area contributed by atoms with E-state index in [0.29, 0.717) is 10.5 Å². The summed E-state index contributed by atoms with van der Waals surface area (Å²) in [6.45, 7) is 1.76. The molecule has 1 aromatic rings. The summed E-state index contributed by atoms with van der Waals surface area (Å²) in [5, 5.41) is 0. The molecule has 1 rings (SSSR count). The zero-order valence-electron chi connectivity index (χ0n) is 7.44. The van der Waals surface area contributed by atoms with E-state index in [-0.39, 0.29) is 0 Å². The van der Waals surface area contributed by atoms with Crippen LogP contribution in [0, 0.1) is 6.92 Å². The third kappa shape index (κ3) is 2.40. The van der Waals surface area contributed by atoms with Crippen LogP contribution in [0.15, 0.2) is 24.4 Å². The maximum atomic E-state index is 11.4. The smallest absolute Gasteiger partial charge is 0.175 e. The van der Waals surface area contributed by atoms with E-state index in [9.17, 15) is 8.42 Å². The van der Waals surface area contributed by atoms with Gasteiger partial charge in [-0.2, -0.15) is 0 Å². The zero-order valence-corrected chi connectivity index (χ0v) is 13.0. The van der Waals surface area contributed by atoms with Gasteiger partial charge >= 0.3 is 0 Å². The van der Waals surface area contributed by atoms with Gasteiger partial charge in [-0.15, -0.1) is 0 Å². The van der Waals surface area contributed by atoms with Gasteiger partial charge in [0.25, 0.3) is 0 Å². The first-order valence-electron chi connectivity index (χ1n) is 3.59. The second-order valence-electron chi connectivity index (χ2n) is 2.88. The summed E-state index contributed by atoms with van der Waals surface area (Å²) in [5.41, 5.74) is 0.711. The van der Waals surface area contributed by atoms with Crippen LogP contribution in [-0.2, 0) is 9.84 Å². The largest absolute Gasteiger partial charge is 0.224 e. The molecule has 0 aliphatic carbocycles. The number of halogens is 3. The number of rotatable bonds is 1. The van der Waals surface area contributed by atoms with Crippen LogP contribution in [0.2, 0.25) is 0 Å². The van der Waals surface area contributed by atoms with Crippen molar-refractivity contribution in [2.75, 3.05) is 6.26 Å². The summed E-state index contributed by atoms with van der Waals surface area (Å²) in [6.07, 6.45) is 1.20. The van der Waals surface area contributed by atoms with Gasteiger partial charge in [-0.05, 0) is 66.3 Å². The summed E-state index contributed by atoms with van der Waals surface area (Å²) < 4.78 is 25.1. The lowest BCUT2D eigenvalue weighted by Crippen LogP contribution is -2.01. The van der Waals surface area contributed by atoms with E-state index >= 15 is 0 Å². The first kappa shape index (κ1) is 12.7. The van der Waals surface area contributed by atoms with E-state index in [1.165, 1.54) is 6.26 Å². The Balaban J connectivity index is 3.66. The van der Waals surface area contributed by atoms with Crippen LogP contribution in [-0.4, -0.2) is 14.7 Å². The lowest BCUT2D eigenvalue weighted by Gasteiger charge is -2.09. The lowest BCUT2D eigenvalue weighted by atomic mass is 10.2. The third-order valence-corrected chi connectivity index (χ3v) is 6.49. The average molecular weight is 407 g/mol. The predicted molar refractivity (Wildman–Crippen MR) is 67.4 cm³/mol. The van der Waals surface area contributed by atoms with Gasteiger partial charge in [0.1, 0.15) is 0 Å². The van der Waals surface area contributed by atoms with Crippen molar-refractivity contribution in [3.05, 3.63) is 25.0 Å². The van der Waals surface area contributed by atoms with E-state index in [4.69, 9.17) is 0 Å². The fourth-order valence-electron chi connectivity index (χ4n) is 1.05. The normalized spacial score (nSPS) is 11.8. The maximum absolute atomic E-state index is 11.4. The van der Waals surface area contributed by atoms with E-state index in [2.05, 4.69) is 47.8 Å². The summed E-state index contributed by atoms with van der Waals surface area (Å²) in [5.74, 6) is 0. The van der Waals surface area contributed by atoms with E-state index < -0.39 is 9.84 Å². The fraction of sp³-hybridized carbons (Fsp3) is 0.250. The molecule has 0 heterocycles. The van der Waals surface area contributed by atoms with E-state index in [0.717, 1.165) is 13.4 Å². The van der Waals surface area contributed by atoms with Gasteiger partial charge in [-0.1, -0.05) is 0 Å². The van der Waals surface area contributed by atoms with Crippen LogP contribution >= 0.6 is 47.8 Å². The summed E-state index contributed by atoms with van der Waals surface area (Å²) >= 11 is 9.96. The molecule has 0 N–H and O–H groups in total. The number of hydrogen-bond donors (Lipinski definition) is 0. The third-order valence-electron chi connectivity index (χ3n) is 1.76. The van der Waals surface area contributed by atoms with Crippen molar-refractivity contribution in [2.24, 2.45) is 0 Å². The highest BCUT2D eigenvalue weighted by Crippen LogP contribution is 2.37. The quantitative estimate of drug-likeness (QED) is 0.666. The number of hydrogen-bond acceptors (Lipinski definition) is 2. The maximum Gasteiger partial charge on any atom is 0.175 e. The molecule has 0 aliphatic heterocycles. The molecule has 78 valence electrons. The SMILES string of the molecule is Cc1c(S(C)(=O)=O)cc(Br)c(Br)c1Br. The van der Waals surface area contributed by atoms with Crippen LogP contribution < -0.4 is 0 Å². The summed E-state index contributed by atoms with van der Waals surface area (Å²) in [6, 6.07) is 1.60. The Labute approximate surface area is 108 Å². The Bertz CT molecular complexity index is 480. The van der Waals surface area contributed by atoms with Crippen molar-refractivity contribution in [2.45, 2.75) is 11.8 Å². The minimum atomic E-state index is -3.18. The van der Waals surface area contributed by atoms with Crippen LogP contribution in [0.5, 0.6) is 0 Å². The van der Waals surface area contributed by atoms with Crippen LogP contribution in [0.4, 0.5) is 0 Å². The molecule has 1 aromatic carbocycles. The average Bonchev–Trinajstić information content (AvgIpc) is 2.06. The van der Waals surface area contributed by atoms with Crippen LogP contribution in [0.3, 0.4) is 0 Å². The monoisotopic (exact) mass is 404 g/mol. The van der Waals surface area contributed by atoms with Gasteiger partial charge in [0.05, 0.1) is 4.90 Å². The first-order valence-corrected chi connectivity index (χ1v) is 7.86. The predicted octanol–water partition coefficient (Wildman–Crippen LogP) is 3.69. The molecule has 14 heavy (non-hydrogen) atoms. The Hall–Kier alpha value is 0.610. The Kier molecular flexibility index (Phi) is 3.83.